The van der Waals surface area contributed by atoms with Crippen LogP contribution in [-0.2, 0) is 6.54 Å². The lowest BCUT2D eigenvalue weighted by Crippen LogP contribution is -2.46. The molecule has 0 N–H and O–H groups in total. The van der Waals surface area contributed by atoms with Gasteiger partial charge in [0.15, 0.2) is 0 Å². The summed E-state index contributed by atoms with van der Waals surface area (Å²) >= 11 is 0. The molecular weight excluding hydrogens is 324 g/mol. The third-order valence-corrected chi connectivity index (χ3v) is 4.61. The van der Waals surface area contributed by atoms with Gasteiger partial charge in [0.05, 0.1) is 11.9 Å². The van der Waals surface area contributed by atoms with Crippen LogP contribution in [-0.4, -0.2) is 45.8 Å². The Morgan fingerprint density at radius 1 is 0.962 bits per heavy atom. The molecule has 0 saturated carbocycles. The van der Waals surface area contributed by atoms with Crippen LogP contribution in [0.1, 0.15) is 11.3 Å². The lowest BCUT2D eigenvalue weighted by atomic mass is 10.2. The third-order valence-electron chi connectivity index (χ3n) is 4.61. The topological polar surface area (TPSA) is 61.0 Å². The smallest absolute Gasteiger partial charge is 0.142 e. The van der Waals surface area contributed by atoms with E-state index in [0.29, 0.717) is 5.69 Å². The molecule has 0 amide bonds. The van der Waals surface area contributed by atoms with E-state index in [0.717, 1.165) is 44.2 Å². The van der Waals surface area contributed by atoms with Crippen molar-refractivity contribution in [3.63, 3.8) is 0 Å². The van der Waals surface area contributed by atoms with Gasteiger partial charge in [-0.3, -0.25) is 4.90 Å². The fraction of sp³-hybridized carbons (Fsp3) is 0.250. The highest BCUT2D eigenvalue weighted by molar-refractivity contribution is 5.42. The number of aromatic nitrogens is 3. The minimum Gasteiger partial charge on any atom is -0.354 e. The number of nitriles is 1. The van der Waals surface area contributed by atoms with E-state index < -0.39 is 0 Å². The Bertz CT molecular complexity index is 903. The number of pyridine rings is 1. The van der Waals surface area contributed by atoms with Gasteiger partial charge in [0.25, 0.3) is 0 Å². The lowest BCUT2D eigenvalue weighted by Gasteiger charge is -2.35. The van der Waals surface area contributed by atoms with Crippen molar-refractivity contribution in [2.45, 2.75) is 6.54 Å². The van der Waals surface area contributed by atoms with Crippen LogP contribution in [0.4, 0.5) is 5.82 Å². The van der Waals surface area contributed by atoms with E-state index in [-0.39, 0.29) is 0 Å². The Morgan fingerprint density at radius 2 is 1.77 bits per heavy atom. The molecule has 4 rings (SSSR count). The van der Waals surface area contributed by atoms with Gasteiger partial charge in [0.2, 0.25) is 0 Å². The zero-order valence-electron chi connectivity index (χ0n) is 14.5. The van der Waals surface area contributed by atoms with Gasteiger partial charge in [-0.1, -0.05) is 24.3 Å². The Balaban J connectivity index is 1.36. The van der Waals surface area contributed by atoms with Crippen LogP contribution in [0.5, 0.6) is 0 Å². The first kappa shape index (κ1) is 16.3. The van der Waals surface area contributed by atoms with Gasteiger partial charge in [0.1, 0.15) is 17.6 Å². The molecule has 3 aromatic rings. The maximum Gasteiger partial charge on any atom is 0.142 e. The number of para-hydroxylation sites is 1. The highest BCUT2D eigenvalue weighted by Gasteiger charge is 2.18. The SMILES string of the molecule is N#Cc1cccc(N2CCN(Cc3cnn(-c4ccccc4)c3)CC2)n1. The molecule has 0 bridgehead atoms. The molecule has 0 aliphatic carbocycles. The summed E-state index contributed by atoms with van der Waals surface area (Å²) < 4.78 is 1.92. The fourth-order valence-electron chi connectivity index (χ4n) is 3.22. The summed E-state index contributed by atoms with van der Waals surface area (Å²) in [6, 6.07) is 17.9. The third kappa shape index (κ3) is 3.58. The highest BCUT2D eigenvalue weighted by atomic mass is 15.3. The lowest BCUT2D eigenvalue weighted by molar-refractivity contribution is 0.249. The zero-order chi connectivity index (χ0) is 17.8. The number of benzene rings is 1. The molecular formula is C20H20N6. The summed E-state index contributed by atoms with van der Waals surface area (Å²) in [4.78, 5) is 9.06. The Hall–Kier alpha value is -3.17. The predicted octanol–water partition coefficient (Wildman–Crippen LogP) is 2.46. The Labute approximate surface area is 152 Å². The summed E-state index contributed by atoms with van der Waals surface area (Å²) in [6.07, 6.45) is 4.04. The van der Waals surface area contributed by atoms with Crippen LogP contribution in [0.15, 0.2) is 60.9 Å². The minimum absolute atomic E-state index is 0.471. The van der Waals surface area contributed by atoms with E-state index in [1.807, 2.05) is 41.2 Å². The molecule has 1 saturated heterocycles. The maximum atomic E-state index is 9.00. The number of hydrogen-bond acceptors (Lipinski definition) is 5. The molecule has 2 aromatic heterocycles. The van der Waals surface area contributed by atoms with Crippen molar-refractivity contribution in [3.05, 3.63) is 72.2 Å². The van der Waals surface area contributed by atoms with Crippen molar-refractivity contribution >= 4 is 5.82 Å². The molecule has 26 heavy (non-hydrogen) atoms. The van der Waals surface area contributed by atoms with Gasteiger partial charge in [-0.2, -0.15) is 10.4 Å². The van der Waals surface area contributed by atoms with Crippen LogP contribution >= 0.6 is 0 Å². The molecule has 0 radical (unpaired) electrons. The molecule has 1 aliphatic heterocycles. The van der Waals surface area contributed by atoms with Gasteiger partial charge in [-0.05, 0) is 24.3 Å². The first-order chi connectivity index (χ1) is 12.8. The first-order valence-corrected chi connectivity index (χ1v) is 8.75. The number of piperazine rings is 1. The van der Waals surface area contributed by atoms with Crippen LogP contribution in [0.25, 0.3) is 5.69 Å². The number of hydrogen-bond donors (Lipinski definition) is 0. The van der Waals surface area contributed by atoms with E-state index in [1.54, 1.807) is 6.07 Å². The second kappa shape index (κ2) is 7.38. The maximum absolute atomic E-state index is 9.00. The van der Waals surface area contributed by atoms with Gasteiger partial charge >= 0.3 is 0 Å². The second-order valence-electron chi connectivity index (χ2n) is 6.38. The van der Waals surface area contributed by atoms with E-state index in [2.05, 4.69) is 44.3 Å². The first-order valence-electron chi connectivity index (χ1n) is 8.75. The Kier molecular flexibility index (Phi) is 4.63. The van der Waals surface area contributed by atoms with E-state index in [1.165, 1.54) is 5.56 Å². The summed E-state index contributed by atoms with van der Waals surface area (Å²) in [5.41, 5.74) is 2.76. The number of anilines is 1. The van der Waals surface area contributed by atoms with Crippen molar-refractivity contribution in [2.75, 3.05) is 31.1 Å². The number of nitrogens with zero attached hydrogens (tertiary/aromatic N) is 6. The largest absolute Gasteiger partial charge is 0.354 e. The molecule has 0 unspecified atom stereocenters. The van der Waals surface area contributed by atoms with Crippen molar-refractivity contribution in [1.29, 1.82) is 5.26 Å². The monoisotopic (exact) mass is 344 g/mol. The predicted molar refractivity (Wildman–Crippen MR) is 100 cm³/mol. The summed E-state index contributed by atoms with van der Waals surface area (Å²) in [5.74, 6) is 0.889. The molecule has 0 atom stereocenters. The molecule has 0 spiro atoms. The van der Waals surface area contributed by atoms with Crippen molar-refractivity contribution in [2.24, 2.45) is 0 Å². The van der Waals surface area contributed by atoms with Crippen molar-refractivity contribution < 1.29 is 0 Å². The van der Waals surface area contributed by atoms with Crippen LogP contribution in [0, 0.1) is 11.3 Å². The molecule has 1 fully saturated rings. The zero-order valence-corrected chi connectivity index (χ0v) is 14.5. The molecule has 3 heterocycles. The van der Waals surface area contributed by atoms with Crippen LogP contribution < -0.4 is 4.90 Å². The highest BCUT2D eigenvalue weighted by Crippen LogP contribution is 2.16. The van der Waals surface area contributed by atoms with Gasteiger partial charge in [0, 0.05) is 44.5 Å². The summed E-state index contributed by atoms with van der Waals surface area (Å²) in [7, 11) is 0. The standard InChI is InChI=1S/C20H20N6/c21-13-18-5-4-8-20(23-18)25-11-9-24(10-12-25)15-17-14-22-26(16-17)19-6-2-1-3-7-19/h1-8,14,16H,9-12,15H2. The summed E-state index contributed by atoms with van der Waals surface area (Å²) in [5, 5.41) is 13.5. The van der Waals surface area contributed by atoms with E-state index >= 15 is 0 Å². The Morgan fingerprint density at radius 3 is 2.54 bits per heavy atom. The summed E-state index contributed by atoms with van der Waals surface area (Å²) in [6.45, 7) is 4.65. The van der Waals surface area contributed by atoms with E-state index in [9.17, 15) is 0 Å². The van der Waals surface area contributed by atoms with Crippen molar-refractivity contribution in [1.82, 2.24) is 19.7 Å². The van der Waals surface area contributed by atoms with E-state index in [4.69, 9.17) is 5.26 Å². The van der Waals surface area contributed by atoms with Crippen LogP contribution in [0.3, 0.4) is 0 Å². The molecule has 130 valence electrons. The quantitative estimate of drug-likeness (QED) is 0.728. The van der Waals surface area contributed by atoms with Crippen molar-refractivity contribution in [3.8, 4) is 11.8 Å². The van der Waals surface area contributed by atoms with Gasteiger partial charge in [-0.25, -0.2) is 9.67 Å². The molecule has 1 aromatic carbocycles. The molecule has 6 heteroatoms. The normalized spacial score (nSPS) is 15.0. The molecule has 6 nitrogen and oxygen atoms in total. The second-order valence-corrected chi connectivity index (χ2v) is 6.38. The molecule has 1 aliphatic rings. The fourth-order valence-corrected chi connectivity index (χ4v) is 3.22. The van der Waals surface area contributed by atoms with Gasteiger partial charge in [-0.15, -0.1) is 0 Å². The minimum atomic E-state index is 0.471. The average Bonchev–Trinajstić information content (AvgIpc) is 3.18. The van der Waals surface area contributed by atoms with Gasteiger partial charge < -0.3 is 4.90 Å². The van der Waals surface area contributed by atoms with Crippen LogP contribution in [0.2, 0.25) is 0 Å². The average molecular weight is 344 g/mol. The number of rotatable bonds is 4.